The molecule has 1 fully saturated rings. The lowest BCUT2D eigenvalue weighted by molar-refractivity contribution is -0.122. The third-order valence-corrected chi connectivity index (χ3v) is 3.80. The summed E-state index contributed by atoms with van der Waals surface area (Å²) in [6, 6.07) is 7.84. The summed E-state index contributed by atoms with van der Waals surface area (Å²) in [5, 5.41) is -0.191. The van der Waals surface area contributed by atoms with Crippen molar-refractivity contribution in [2.45, 2.75) is 6.92 Å². The summed E-state index contributed by atoms with van der Waals surface area (Å²) < 4.78 is 0. The first-order chi connectivity index (χ1) is 9.02. The van der Waals surface area contributed by atoms with E-state index in [0.29, 0.717) is 11.4 Å². The Labute approximate surface area is 117 Å². The maximum Gasteiger partial charge on any atom is 0.293 e. The molecule has 1 heterocycles. The van der Waals surface area contributed by atoms with Crippen LogP contribution in [0.2, 0.25) is 0 Å². The number of anilines is 1. The summed E-state index contributed by atoms with van der Waals surface area (Å²) in [6.45, 7) is 2.22. The Balaban J connectivity index is 2.22. The van der Waals surface area contributed by atoms with Gasteiger partial charge in [0, 0.05) is 26.3 Å². The second-order valence-electron chi connectivity index (χ2n) is 4.41. The van der Waals surface area contributed by atoms with Gasteiger partial charge in [-0.1, -0.05) is 12.1 Å². The zero-order chi connectivity index (χ0) is 14.0. The zero-order valence-corrected chi connectivity index (χ0v) is 12.0. The van der Waals surface area contributed by atoms with Gasteiger partial charge in [0.1, 0.15) is 0 Å². The molecule has 0 atom stereocenters. The largest absolute Gasteiger partial charge is 0.378 e. The van der Waals surface area contributed by atoms with Gasteiger partial charge in [-0.2, -0.15) is 0 Å². The maximum atomic E-state index is 11.9. The van der Waals surface area contributed by atoms with E-state index >= 15 is 0 Å². The van der Waals surface area contributed by atoms with Gasteiger partial charge in [0.15, 0.2) is 0 Å². The van der Waals surface area contributed by atoms with Crippen molar-refractivity contribution in [1.29, 1.82) is 0 Å². The van der Waals surface area contributed by atoms with Crippen LogP contribution in [0, 0.1) is 0 Å². The predicted octanol–water partition coefficient (Wildman–Crippen LogP) is 2.81. The highest BCUT2D eigenvalue weighted by molar-refractivity contribution is 8.18. The lowest BCUT2D eigenvalue weighted by Gasteiger charge is -2.11. The summed E-state index contributed by atoms with van der Waals surface area (Å²) >= 11 is 1.000. The molecular formula is C14H16N2O2S. The van der Waals surface area contributed by atoms with E-state index in [9.17, 15) is 9.59 Å². The van der Waals surface area contributed by atoms with Crippen molar-refractivity contribution in [2.75, 3.05) is 25.5 Å². The highest BCUT2D eigenvalue weighted by Crippen LogP contribution is 2.32. The SMILES string of the molecule is CCN1C(=O)S/C(=C\c2ccc(N(C)C)cc2)C1=O. The van der Waals surface area contributed by atoms with Gasteiger partial charge in [-0.25, -0.2) is 0 Å². The Morgan fingerprint density at radius 2 is 1.84 bits per heavy atom. The number of imide groups is 1. The molecule has 2 amide bonds. The number of likely N-dealkylation sites (N-methyl/N-ethyl adjacent to an activating group) is 1. The number of amides is 2. The van der Waals surface area contributed by atoms with Gasteiger partial charge in [0.05, 0.1) is 4.91 Å². The van der Waals surface area contributed by atoms with E-state index in [1.54, 1.807) is 13.0 Å². The van der Waals surface area contributed by atoms with E-state index in [2.05, 4.69) is 0 Å². The molecule has 1 aliphatic heterocycles. The Hall–Kier alpha value is -1.75. The third-order valence-electron chi connectivity index (χ3n) is 2.90. The fourth-order valence-electron chi connectivity index (χ4n) is 1.79. The molecule has 100 valence electrons. The Kier molecular flexibility index (Phi) is 3.95. The maximum absolute atomic E-state index is 11.9. The smallest absolute Gasteiger partial charge is 0.293 e. The summed E-state index contributed by atoms with van der Waals surface area (Å²) in [5.74, 6) is -0.200. The van der Waals surface area contributed by atoms with Crippen LogP contribution in [0.15, 0.2) is 29.2 Å². The third kappa shape index (κ3) is 2.81. The normalized spacial score (nSPS) is 17.4. The molecule has 0 bridgehead atoms. The van der Waals surface area contributed by atoms with Gasteiger partial charge < -0.3 is 4.90 Å². The van der Waals surface area contributed by atoms with Crippen LogP contribution in [0.5, 0.6) is 0 Å². The number of hydrogen-bond donors (Lipinski definition) is 0. The Bertz CT molecular complexity index is 535. The average Bonchev–Trinajstić information content (AvgIpc) is 2.64. The number of carbonyl (C=O) groups is 2. The van der Waals surface area contributed by atoms with Crippen molar-refractivity contribution in [3.05, 3.63) is 34.7 Å². The molecule has 0 aromatic heterocycles. The molecule has 1 aromatic rings. The number of hydrogen-bond acceptors (Lipinski definition) is 4. The minimum Gasteiger partial charge on any atom is -0.378 e. The van der Waals surface area contributed by atoms with Gasteiger partial charge in [-0.05, 0) is 42.5 Å². The number of nitrogens with zero attached hydrogens (tertiary/aromatic N) is 2. The van der Waals surface area contributed by atoms with E-state index in [4.69, 9.17) is 0 Å². The van der Waals surface area contributed by atoms with E-state index in [1.807, 2.05) is 43.3 Å². The van der Waals surface area contributed by atoms with Gasteiger partial charge in [-0.3, -0.25) is 14.5 Å². The standard InChI is InChI=1S/C14H16N2O2S/c1-4-16-13(17)12(19-14(16)18)9-10-5-7-11(8-6-10)15(2)3/h5-9H,4H2,1-3H3/b12-9-. The van der Waals surface area contributed by atoms with Crippen molar-refractivity contribution in [3.63, 3.8) is 0 Å². The summed E-state index contributed by atoms with van der Waals surface area (Å²) in [6.07, 6.45) is 1.76. The second kappa shape index (κ2) is 5.48. The van der Waals surface area contributed by atoms with Gasteiger partial charge in [0.2, 0.25) is 0 Å². The molecule has 5 heteroatoms. The van der Waals surface area contributed by atoms with E-state index in [0.717, 1.165) is 23.0 Å². The van der Waals surface area contributed by atoms with Crippen LogP contribution >= 0.6 is 11.8 Å². The van der Waals surface area contributed by atoms with Gasteiger partial charge in [0.25, 0.3) is 11.1 Å². The van der Waals surface area contributed by atoms with Crippen LogP contribution in [-0.4, -0.2) is 36.7 Å². The molecule has 4 nitrogen and oxygen atoms in total. The Morgan fingerprint density at radius 1 is 1.21 bits per heavy atom. The van der Waals surface area contributed by atoms with Gasteiger partial charge >= 0.3 is 0 Å². The lowest BCUT2D eigenvalue weighted by atomic mass is 10.2. The molecular weight excluding hydrogens is 260 g/mol. The molecule has 1 aromatic carbocycles. The van der Waals surface area contributed by atoms with Crippen molar-refractivity contribution >= 4 is 34.7 Å². The summed E-state index contributed by atoms with van der Waals surface area (Å²) in [5.41, 5.74) is 2.02. The monoisotopic (exact) mass is 276 g/mol. The first-order valence-electron chi connectivity index (χ1n) is 6.05. The molecule has 19 heavy (non-hydrogen) atoms. The highest BCUT2D eigenvalue weighted by atomic mass is 32.2. The minimum absolute atomic E-state index is 0.191. The van der Waals surface area contributed by atoms with E-state index < -0.39 is 0 Å². The summed E-state index contributed by atoms with van der Waals surface area (Å²) in [7, 11) is 3.95. The molecule has 0 N–H and O–H groups in total. The molecule has 1 aliphatic rings. The van der Waals surface area contributed by atoms with Crippen LogP contribution in [0.3, 0.4) is 0 Å². The molecule has 0 saturated carbocycles. The van der Waals surface area contributed by atoms with Crippen molar-refractivity contribution in [3.8, 4) is 0 Å². The van der Waals surface area contributed by atoms with Crippen LogP contribution in [0.25, 0.3) is 6.08 Å². The summed E-state index contributed by atoms with van der Waals surface area (Å²) in [4.78, 5) is 27.3. The van der Waals surface area contributed by atoms with Crippen LogP contribution in [-0.2, 0) is 4.79 Å². The minimum atomic E-state index is -0.200. The quantitative estimate of drug-likeness (QED) is 0.796. The van der Waals surface area contributed by atoms with Gasteiger partial charge in [-0.15, -0.1) is 0 Å². The molecule has 0 unspecified atom stereocenters. The topological polar surface area (TPSA) is 40.6 Å². The number of thioether (sulfide) groups is 1. The molecule has 2 rings (SSSR count). The first kappa shape index (κ1) is 13.7. The average molecular weight is 276 g/mol. The van der Waals surface area contributed by atoms with Crippen molar-refractivity contribution in [1.82, 2.24) is 4.90 Å². The van der Waals surface area contributed by atoms with Crippen LogP contribution in [0.1, 0.15) is 12.5 Å². The number of carbonyl (C=O) groups excluding carboxylic acids is 2. The zero-order valence-electron chi connectivity index (χ0n) is 11.2. The second-order valence-corrected chi connectivity index (χ2v) is 5.41. The molecule has 0 aliphatic carbocycles. The fourth-order valence-corrected chi connectivity index (χ4v) is 2.70. The predicted molar refractivity (Wildman–Crippen MR) is 79.1 cm³/mol. The fraction of sp³-hybridized carbons (Fsp3) is 0.286. The van der Waals surface area contributed by atoms with Crippen LogP contribution < -0.4 is 4.90 Å². The molecule has 0 spiro atoms. The number of rotatable bonds is 3. The molecule has 0 radical (unpaired) electrons. The van der Waals surface area contributed by atoms with E-state index in [1.165, 1.54) is 4.90 Å². The van der Waals surface area contributed by atoms with Crippen molar-refractivity contribution < 1.29 is 9.59 Å². The van der Waals surface area contributed by atoms with E-state index in [-0.39, 0.29) is 11.1 Å². The lowest BCUT2D eigenvalue weighted by Crippen LogP contribution is -2.27. The number of benzene rings is 1. The van der Waals surface area contributed by atoms with Crippen molar-refractivity contribution in [2.24, 2.45) is 0 Å². The first-order valence-corrected chi connectivity index (χ1v) is 6.87. The van der Waals surface area contributed by atoms with Crippen LogP contribution in [0.4, 0.5) is 10.5 Å². The highest BCUT2D eigenvalue weighted by Gasteiger charge is 2.33. The Morgan fingerprint density at radius 3 is 2.32 bits per heavy atom. The molecule has 1 saturated heterocycles.